The Kier molecular flexibility index (Phi) is 12.9. The maximum absolute atomic E-state index is 13.9. The van der Waals surface area contributed by atoms with Gasteiger partial charge in [-0.15, -0.1) is 0 Å². The molecule has 1 amide bonds. The number of carbonyl (C=O) groups excluding carboxylic acids is 4. The lowest BCUT2D eigenvalue weighted by Gasteiger charge is -2.50. The Hall–Kier alpha value is -3.92. The first kappa shape index (κ1) is 44.7. The predicted octanol–water partition coefficient (Wildman–Crippen LogP) is 9.99. The van der Waals surface area contributed by atoms with Gasteiger partial charge in [0.1, 0.15) is 35.8 Å². The third kappa shape index (κ3) is 8.67. The van der Waals surface area contributed by atoms with Crippen LogP contribution in [0.4, 0.5) is 4.79 Å². The Morgan fingerprint density at radius 1 is 0.645 bits per heavy atom. The van der Waals surface area contributed by atoms with Crippen molar-refractivity contribution in [2.24, 2.45) is 46.3 Å². The minimum atomic E-state index is -0.829. The highest BCUT2D eigenvalue weighted by Crippen LogP contribution is 2.63. The summed E-state index contributed by atoms with van der Waals surface area (Å²) in [5.74, 6) is 3.71. The lowest BCUT2D eigenvalue weighted by molar-refractivity contribution is -0.160. The molecule has 8 rings (SSSR count). The number of esters is 3. The van der Waals surface area contributed by atoms with E-state index in [-0.39, 0.29) is 46.9 Å². The standard InChI is InChI=1S/C52H72N2O8/c1-29(2)25-44(53-8)48(56)61-46-19-17-42-40-14-10-33-28-35(12-16-37(33)38(40)21-23-51(42,46)6)60-49(57)45(26-30(3)4)54-50(58)62-47-20-18-43-41-13-9-32-27-34(59-31(5)55)11-15-36(32)39(41)22-24-52(43,47)7/h11-12,15-16,27-30,38-47,53H,9-10,13-14,17-26H2,1-8H3,(H,54,58)/t38?,39?,40?,41?,42?,43?,44-,45+,46+,47+,51+,52+/m1/s1. The van der Waals surface area contributed by atoms with E-state index in [1.807, 2.05) is 45.2 Å². The molecule has 0 aliphatic heterocycles. The highest BCUT2D eigenvalue weighted by atomic mass is 16.6. The Bertz CT molecular complexity index is 2010. The topological polar surface area (TPSA) is 129 Å². The van der Waals surface area contributed by atoms with Gasteiger partial charge in [-0.25, -0.2) is 9.59 Å². The number of amides is 1. The quantitative estimate of drug-likeness (QED) is 0.158. The van der Waals surface area contributed by atoms with E-state index in [1.165, 1.54) is 29.2 Å². The fourth-order valence-corrected chi connectivity index (χ4v) is 13.9. The lowest BCUT2D eigenvalue weighted by atomic mass is 9.55. The molecule has 0 saturated heterocycles. The highest BCUT2D eigenvalue weighted by Gasteiger charge is 2.58. The van der Waals surface area contributed by atoms with Crippen LogP contribution in [0.25, 0.3) is 0 Å². The number of aryl methyl sites for hydroxylation is 2. The summed E-state index contributed by atoms with van der Waals surface area (Å²) in [5, 5.41) is 6.13. The van der Waals surface area contributed by atoms with Gasteiger partial charge in [-0.2, -0.15) is 0 Å². The van der Waals surface area contributed by atoms with Gasteiger partial charge in [-0.1, -0.05) is 53.7 Å². The number of hydrogen-bond acceptors (Lipinski definition) is 9. The zero-order valence-corrected chi connectivity index (χ0v) is 38.6. The van der Waals surface area contributed by atoms with Crippen LogP contribution in [-0.4, -0.2) is 55.3 Å². The SMILES string of the molecule is CN[C@H](CC(C)C)C(=O)O[C@H]1CCC2C3CCc4cc(OC(=O)[C@H](CC(C)C)NC(=O)O[C@H]5CCC6C7CCc8cc(OC(C)=O)ccc8C7CC[C@@]65C)ccc4C3CC[C@@]21C. The normalized spacial score (nSPS) is 32.8. The molecule has 6 unspecified atom stereocenters. The van der Waals surface area contributed by atoms with Gasteiger partial charge < -0.3 is 29.6 Å². The smallest absolute Gasteiger partial charge is 0.408 e. The molecule has 62 heavy (non-hydrogen) atoms. The Morgan fingerprint density at radius 2 is 1.15 bits per heavy atom. The van der Waals surface area contributed by atoms with Gasteiger partial charge in [0, 0.05) is 17.8 Å². The Labute approximate surface area is 369 Å². The number of hydrogen-bond donors (Lipinski definition) is 2. The second kappa shape index (κ2) is 17.9. The van der Waals surface area contributed by atoms with Gasteiger partial charge in [-0.05, 0) is 191 Å². The molecule has 338 valence electrons. The zero-order valence-electron chi connectivity index (χ0n) is 38.6. The van der Waals surface area contributed by atoms with Gasteiger partial charge in [0.05, 0.1) is 0 Å². The van der Waals surface area contributed by atoms with Crippen LogP contribution < -0.4 is 20.1 Å². The molecule has 2 aromatic carbocycles. The van der Waals surface area contributed by atoms with Crippen LogP contribution in [0.1, 0.15) is 160 Å². The maximum Gasteiger partial charge on any atom is 0.408 e. The van der Waals surface area contributed by atoms with Gasteiger partial charge >= 0.3 is 24.0 Å². The van der Waals surface area contributed by atoms with Gasteiger partial charge in [0.15, 0.2) is 0 Å². The molecule has 0 bridgehead atoms. The van der Waals surface area contributed by atoms with E-state index in [2.05, 4.69) is 50.5 Å². The van der Waals surface area contributed by atoms with E-state index in [0.29, 0.717) is 59.3 Å². The first-order chi connectivity index (χ1) is 29.6. The third-order valence-corrected chi connectivity index (χ3v) is 16.8. The van der Waals surface area contributed by atoms with Crippen molar-refractivity contribution in [1.82, 2.24) is 10.6 Å². The van der Waals surface area contributed by atoms with Crippen LogP contribution >= 0.6 is 0 Å². The number of alkyl carbamates (subject to hydrolysis) is 1. The molecule has 2 N–H and O–H groups in total. The third-order valence-electron chi connectivity index (χ3n) is 16.8. The molecule has 0 radical (unpaired) electrons. The predicted molar refractivity (Wildman–Crippen MR) is 238 cm³/mol. The first-order valence-electron chi connectivity index (χ1n) is 24.1. The summed E-state index contributed by atoms with van der Waals surface area (Å²) < 4.78 is 24.0. The van der Waals surface area contributed by atoms with Crippen molar-refractivity contribution < 1.29 is 38.1 Å². The van der Waals surface area contributed by atoms with E-state index in [1.54, 1.807) is 0 Å². The van der Waals surface area contributed by atoms with E-state index >= 15 is 0 Å². The number of likely N-dealkylation sites (N-methyl/N-ethyl adjacent to an activating group) is 1. The molecule has 2 aromatic rings. The van der Waals surface area contributed by atoms with Crippen LogP contribution in [0.5, 0.6) is 11.5 Å². The van der Waals surface area contributed by atoms with Gasteiger partial charge in [0.25, 0.3) is 0 Å². The van der Waals surface area contributed by atoms with E-state index in [0.717, 1.165) is 83.5 Å². The summed E-state index contributed by atoms with van der Waals surface area (Å²) in [7, 11) is 1.85. The van der Waals surface area contributed by atoms with Gasteiger partial charge in [-0.3, -0.25) is 9.59 Å². The molecule has 0 spiro atoms. The second-order valence-electron chi connectivity index (χ2n) is 21.4. The zero-order chi connectivity index (χ0) is 44.1. The van der Waals surface area contributed by atoms with Crippen molar-refractivity contribution in [2.75, 3.05) is 7.05 Å². The summed E-state index contributed by atoms with van der Waals surface area (Å²) in [6.07, 6.45) is 12.3. The molecule has 10 heteroatoms. The van der Waals surface area contributed by atoms with Crippen molar-refractivity contribution in [2.45, 2.75) is 174 Å². The van der Waals surface area contributed by atoms with Crippen LogP contribution in [-0.2, 0) is 36.7 Å². The molecule has 4 saturated carbocycles. The summed E-state index contributed by atoms with van der Waals surface area (Å²) in [6, 6.07) is 11.2. The van der Waals surface area contributed by atoms with Crippen LogP contribution in [0.15, 0.2) is 36.4 Å². The number of carbonyl (C=O) groups is 4. The van der Waals surface area contributed by atoms with Crippen LogP contribution in [0.2, 0.25) is 0 Å². The van der Waals surface area contributed by atoms with Crippen molar-refractivity contribution in [1.29, 1.82) is 0 Å². The van der Waals surface area contributed by atoms with E-state index < -0.39 is 18.1 Å². The largest absolute Gasteiger partial charge is 0.461 e. The molecule has 6 aliphatic carbocycles. The maximum atomic E-state index is 13.9. The molecule has 6 aliphatic rings. The summed E-state index contributed by atoms with van der Waals surface area (Å²) in [4.78, 5) is 52.4. The fraction of sp³-hybridized carbons (Fsp3) is 0.692. The fourth-order valence-electron chi connectivity index (χ4n) is 13.9. The number of nitrogens with one attached hydrogen (secondary N) is 2. The summed E-state index contributed by atoms with van der Waals surface area (Å²) in [6.45, 7) is 14.5. The minimum Gasteiger partial charge on any atom is -0.461 e. The van der Waals surface area contributed by atoms with Crippen molar-refractivity contribution in [3.8, 4) is 11.5 Å². The van der Waals surface area contributed by atoms with Crippen molar-refractivity contribution >= 4 is 24.0 Å². The van der Waals surface area contributed by atoms with Gasteiger partial charge in [0.2, 0.25) is 0 Å². The number of rotatable bonds is 12. The highest BCUT2D eigenvalue weighted by molar-refractivity contribution is 5.83. The molecule has 0 heterocycles. The molecular weight excluding hydrogens is 781 g/mol. The first-order valence-corrected chi connectivity index (χ1v) is 24.1. The minimum absolute atomic E-state index is 0.0151. The van der Waals surface area contributed by atoms with Crippen LogP contribution in [0, 0.1) is 46.3 Å². The Morgan fingerprint density at radius 3 is 1.65 bits per heavy atom. The summed E-state index contributed by atoms with van der Waals surface area (Å²) >= 11 is 0. The number of fused-ring (bicyclic) bond motifs is 10. The van der Waals surface area contributed by atoms with E-state index in [9.17, 15) is 19.2 Å². The average Bonchev–Trinajstić information content (AvgIpc) is 3.73. The molecule has 12 atom stereocenters. The molecule has 10 nitrogen and oxygen atoms in total. The number of benzene rings is 2. The average molecular weight is 853 g/mol. The van der Waals surface area contributed by atoms with Crippen molar-refractivity contribution in [3.63, 3.8) is 0 Å². The van der Waals surface area contributed by atoms with E-state index in [4.69, 9.17) is 18.9 Å². The Balaban J connectivity index is 0.875. The van der Waals surface area contributed by atoms with Crippen molar-refractivity contribution in [3.05, 3.63) is 58.7 Å². The lowest BCUT2D eigenvalue weighted by Crippen LogP contribution is -2.48. The molecule has 0 aromatic heterocycles. The second-order valence-corrected chi connectivity index (χ2v) is 21.4. The monoisotopic (exact) mass is 853 g/mol. The summed E-state index contributed by atoms with van der Waals surface area (Å²) in [5.41, 5.74) is 5.11. The number of ether oxygens (including phenoxy) is 4. The molecular formula is C52H72N2O8. The van der Waals surface area contributed by atoms with Crippen LogP contribution in [0.3, 0.4) is 0 Å². The molecule has 4 fully saturated rings.